The molecule has 3 rings (SSSR count). The van der Waals surface area contributed by atoms with Gasteiger partial charge in [0.05, 0.1) is 4.70 Å². The van der Waals surface area contributed by atoms with Gasteiger partial charge >= 0.3 is 0 Å². The summed E-state index contributed by atoms with van der Waals surface area (Å²) in [6.45, 7) is 0.990. The highest BCUT2D eigenvalue weighted by Crippen LogP contribution is 2.30. The SMILES string of the molecule is Nc1cccc2cc(CNC3CCCC3)sc12. The third-order valence-corrected chi connectivity index (χ3v) is 4.75. The van der Waals surface area contributed by atoms with Gasteiger partial charge in [-0.05, 0) is 30.4 Å². The summed E-state index contributed by atoms with van der Waals surface area (Å²) in [5.41, 5.74) is 6.88. The smallest absolute Gasteiger partial charge is 0.0575 e. The molecule has 0 aliphatic heterocycles. The minimum absolute atomic E-state index is 0.734. The lowest BCUT2D eigenvalue weighted by molar-refractivity contribution is 0.527. The minimum atomic E-state index is 0.734. The van der Waals surface area contributed by atoms with Gasteiger partial charge in [0.1, 0.15) is 0 Å². The Morgan fingerprint density at radius 1 is 1.29 bits per heavy atom. The fraction of sp³-hybridized carbons (Fsp3) is 0.429. The number of rotatable bonds is 3. The van der Waals surface area contributed by atoms with Crippen molar-refractivity contribution in [2.75, 3.05) is 5.73 Å². The van der Waals surface area contributed by atoms with Crippen LogP contribution in [0.1, 0.15) is 30.6 Å². The number of hydrogen-bond donors (Lipinski definition) is 2. The van der Waals surface area contributed by atoms with E-state index in [-0.39, 0.29) is 0 Å². The van der Waals surface area contributed by atoms with E-state index in [1.807, 2.05) is 23.5 Å². The average Bonchev–Trinajstić information content (AvgIpc) is 2.95. The van der Waals surface area contributed by atoms with E-state index in [0.29, 0.717) is 0 Å². The number of thiophene rings is 1. The Morgan fingerprint density at radius 3 is 2.88 bits per heavy atom. The predicted octanol–water partition coefficient (Wildman–Crippen LogP) is 3.52. The molecular formula is C14H18N2S. The zero-order chi connectivity index (χ0) is 11.7. The van der Waals surface area contributed by atoms with Gasteiger partial charge in [0.25, 0.3) is 0 Å². The van der Waals surface area contributed by atoms with Crippen LogP contribution in [-0.4, -0.2) is 6.04 Å². The van der Waals surface area contributed by atoms with Crippen molar-refractivity contribution >= 4 is 27.1 Å². The van der Waals surface area contributed by atoms with Gasteiger partial charge in [-0.2, -0.15) is 0 Å². The molecule has 17 heavy (non-hydrogen) atoms. The number of nitrogens with one attached hydrogen (secondary N) is 1. The minimum Gasteiger partial charge on any atom is -0.398 e. The first-order chi connectivity index (χ1) is 8.33. The second-order valence-electron chi connectivity index (χ2n) is 4.84. The van der Waals surface area contributed by atoms with E-state index < -0.39 is 0 Å². The molecule has 1 aliphatic carbocycles. The van der Waals surface area contributed by atoms with E-state index in [1.54, 1.807) is 0 Å². The van der Waals surface area contributed by atoms with Crippen LogP contribution in [0.3, 0.4) is 0 Å². The summed E-state index contributed by atoms with van der Waals surface area (Å²) in [5.74, 6) is 0. The van der Waals surface area contributed by atoms with Gasteiger partial charge in [-0.3, -0.25) is 0 Å². The number of anilines is 1. The molecular weight excluding hydrogens is 228 g/mol. The average molecular weight is 246 g/mol. The molecule has 1 aliphatic rings. The summed E-state index contributed by atoms with van der Waals surface area (Å²) in [6.07, 6.45) is 5.45. The maximum atomic E-state index is 5.98. The van der Waals surface area contributed by atoms with Crippen LogP contribution in [-0.2, 0) is 6.54 Å². The van der Waals surface area contributed by atoms with E-state index in [4.69, 9.17) is 5.73 Å². The normalized spacial score (nSPS) is 16.9. The molecule has 2 aromatic rings. The van der Waals surface area contributed by atoms with Gasteiger partial charge in [0.2, 0.25) is 0 Å². The second-order valence-corrected chi connectivity index (χ2v) is 5.98. The maximum absolute atomic E-state index is 5.98. The molecule has 0 bridgehead atoms. The first-order valence-electron chi connectivity index (χ1n) is 6.33. The van der Waals surface area contributed by atoms with Crippen molar-refractivity contribution in [1.82, 2.24) is 5.32 Å². The summed E-state index contributed by atoms with van der Waals surface area (Å²) >= 11 is 1.82. The number of fused-ring (bicyclic) bond motifs is 1. The first-order valence-corrected chi connectivity index (χ1v) is 7.15. The highest BCUT2D eigenvalue weighted by atomic mass is 32.1. The summed E-state index contributed by atoms with van der Waals surface area (Å²) in [5, 5.41) is 4.92. The number of hydrogen-bond acceptors (Lipinski definition) is 3. The molecule has 0 amide bonds. The molecule has 3 heteroatoms. The van der Waals surface area contributed by atoms with Gasteiger partial charge in [-0.25, -0.2) is 0 Å². The van der Waals surface area contributed by atoms with Crippen LogP contribution in [0, 0.1) is 0 Å². The molecule has 90 valence electrons. The predicted molar refractivity (Wildman–Crippen MR) is 75.3 cm³/mol. The van der Waals surface area contributed by atoms with Crippen LogP contribution in [0.2, 0.25) is 0 Å². The van der Waals surface area contributed by atoms with Crippen LogP contribution in [0.15, 0.2) is 24.3 Å². The van der Waals surface area contributed by atoms with Crippen LogP contribution in [0.25, 0.3) is 10.1 Å². The van der Waals surface area contributed by atoms with E-state index in [0.717, 1.165) is 18.3 Å². The molecule has 0 saturated heterocycles. The third-order valence-electron chi connectivity index (χ3n) is 3.55. The lowest BCUT2D eigenvalue weighted by atomic mass is 10.2. The Labute approximate surface area is 106 Å². The van der Waals surface area contributed by atoms with Crippen molar-refractivity contribution in [3.63, 3.8) is 0 Å². The highest BCUT2D eigenvalue weighted by molar-refractivity contribution is 7.19. The second kappa shape index (κ2) is 4.67. The van der Waals surface area contributed by atoms with Gasteiger partial charge in [-0.1, -0.05) is 25.0 Å². The van der Waals surface area contributed by atoms with Crippen LogP contribution in [0.4, 0.5) is 5.69 Å². The molecule has 0 unspecified atom stereocenters. The van der Waals surface area contributed by atoms with Gasteiger partial charge in [0, 0.05) is 23.2 Å². The van der Waals surface area contributed by atoms with E-state index >= 15 is 0 Å². The standard InChI is InChI=1S/C14H18N2S/c15-13-7-3-4-10-8-12(17-14(10)13)9-16-11-5-1-2-6-11/h3-4,7-8,11,16H,1-2,5-6,9,15H2. The van der Waals surface area contributed by atoms with Crippen molar-refractivity contribution in [2.45, 2.75) is 38.3 Å². The van der Waals surface area contributed by atoms with Crippen LogP contribution >= 0.6 is 11.3 Å². The molecule has 3 N–H and O–H groups in total. The number of nitrogens with two attached hydrogens (primary N) is 1. The number of nitrogen functional groups attached to an aromatic ring is 1. The Kier molecular flexibility index (Phi) is 3.04. The van der Waals surface area contributed by atoms with Crippen LogP contribution < -0.4 is 11.1 Å². The van der Waals surface area contributed by atoms with Crippen molar-refractivity contribution in [3.8, 4) is 0 Å². The third kappa shape index (κ3) is 2.31. The zero-order valence-corrected chi connectivity index (χ0v) is 10.7. The summed E-state index contributed by atoms with van der Waals surface area (Å²) < 4.78 is 1.23. The van der Waals surface area contributed by atoms with Gasteiger partial charge in [0.15, 0.2) is 0 Å². The number of benzene rings is 1. The largest absolute Gasteiger partial charge is 0.398 e. The monoisotopic (exact) mass is 246 g/mol. The fourth-order valence-electron chi connectivity index (χ4n) is 2.60. The van der Waals surface area contributed by atoms with Gasteiger partial charge in [-0.15, -0.1) is 11.3 Å². The Balaban J connectivity index is 1.74. The summed E-state index contributed by atoms with van der Waals surface area (Å²) in [6, 6.07) is 9.14. The summed E-state index contributed by atoms with van der Waals surface area (Å²) in [4.78, 5) is 1.39. The first kappa shape index (κ1) is 11.1. The topological polar surface area (TPSA) is 38.0 Å². The van der Waals surface area contributed by atoms with Crippen molar-refractivity contribution < 1.29 is 0 Å². The summed E-state index contributed by atoms with van der Waals surface area (Å²) in [7, 11) is 0. The molecule has 1 saturated carbocycles. The lowest BCUT2D eigenvalue weighted by Crippen LogP contribution is -2.24. The Morgan fingerprint density at radius 2 is 2.12 bits per heavy atom. The van der Waals surface area contributed by atoms with Crippen LogP contribution in [0.5, 0.6) is 0 Å². The molecule has 1 heterocycles. The van der Waals surface area contributed by atoms with Crippen molar-refractivity contribution in [1.29, 1.82) is 0 Å². The molecule has 0 spiro atoms. The molecule has 1 aromatic heterocycles. The Bertz CT molecular complexity index is 512. The molecule has 0 radical (unpaired) electrons. The van der Waals surface area contributed by atoms with Gasteiger partial charge < -0.3 is 11.1 Å². The van der Waals surface area contributed by atoms with Crippen molar-refractivity contribution in [2.24, 2.45) is 0 Å². The van der Waals surface area contributed by atoms with E-state index in [2.05, 4.69) is 17.4 Å². The lowest BCUT2D eigenvalue weighted by Gasteiger charge is -2.09. The molecule has 1 fully saturated rings. The molecule has 0 atom stereocenters. The fourth-order valence-corrected chi connectivity index (χ4v) is 3.64. The molecule has 2 nitrogen and oxygen atoms in total. The Hall–Kier alpha value is -1.06. The van der Waals surface area contributed by atoms with E-state index in [1.165, 1.54) is 40.6 Å². The highest BCUT2D eigenvalue weighted by Gasteiger charge is 2.14. The van der Waals surface area contributed by atoms with E-state index in [9.17, 15) is 0 Å². The zero-order valence-electron chi connectivity index (χ0n) is 9.91. The maximum Gasteiger partial charge on any atom is 0.0575 e. The quantitative estimate of drug-likeness (QED) is 0.813. The van der Waals surface area contributed by atoms with Crippen molar-refractivity contribution in [3.05, 3.63) is 29.1 Å². The molecule has 1 aromatic carbocycles.